The minimum atomic E-state index is -0.780. The van der Waals surface area contributed by atoms with Gasteiger partial charge in [-0.2, -0.15) is 0 Å². The zero-order chi connectivity index (χ0) is 27.5. The first kappa shape index (κ1) is 27.5. The Morgan fingerprint density at radius 3 is 2.41 bits per heavy atom. The predicted octanol–water partition coefficient (Wildman–Crippen LogP) is 3.50. The summed E-state index contributed by atoms with van der Waals surface area (Å²) in [5, 5.41) is 3.13. The molecule has 1 aromatic rings. The predicted molar refractivity (Wildman–Crippen MR) is 146 cm³/mol. The highest BCUT2D eigenvalue weighted by molar-refractivity contribution is 6.09. The van der Waals surface area contributed by atoms with Gasteiger partial charge in [0.05, 0.1) is 12.0 Å². The molecule has 5 rings (SSSR count). The SMILES string of the molecule is CN1C(=O)N(CC(=O)N2CCC3(CCCCc4ccccc4OCCCNC3=O)CC2)C(=O)C12CCCCC2. The van der Waals surface area contributed by atoms with Gasteiger partial charge in [0.15, 0.2) is 0 Å². The number of hydrogen-bond acceptors (Lipinski definition) is 5. The van der Waals surface area contributed by atoms with Gasteiger partial charge in [0, 0.05) is 26.7 Å². The number of nitrogens with zero attached hydrogens (tertiary/aromatic N) is 3. The van der Waals surface area contributed by atoms with E-state index in [0.29, 0.717) is 51.9 Å². The molecule has 39 heavy (non-hydrogen) atoms. The average molecular weight is 539 g/mol. The van der Waals surface area contributed by atoms with E-state index >= 15 is 0 Å². The summed E-state index contributed by atoms with van der Waals surface area (Å²) < 4.78 is 5.98. The van der Waals surface area contributed by atoms with Gasteiger partial charge in [-0.15, -0.1) is 0 Å². The average Bonchev–Trinajstić information content (AvgIpc) is 3.12. The number of urea groups is 1. The zero-order valence-corrected chi connectivity index (χ0v) is 23.2. The fourth-order valence-electron chi connectivity index (χ4n) is 6.95. The second kappa shape index (κ2) is 11.6. The minimum absolute atomic E-state index is 0.0668. The summed E-state index contributed by atoms with van der Waals surface area (Å²) in [5.41, 5.74) is -0.0774. The van der Waals surface area contributed by atoms with Crippen molar-refractivity contribution in [1.82, 2.24) is 20.0 Å². The van der Waals surface area contributed by atoms with Gasteiger partial charge in [0.2, 0.25) is 11.8 Å². The first-order valence-electron chi connectivity index (χ1n) is 14.7. The van der Waals surface area contributed by atoms with Crippen LogP contribution in [-0.4, -0.2) is 83.8 Å². The zero-order valence-electron chi connectivity index (χ0n) is 23.2. The van der Waals surface area contributed by atoms with Gasteiger partial charge in [0.1, 0.15) is 17.8 Å². The molecule has 3 heterocycles. The van der Waals surface area contributed by atoms with Crippen molar-refractivity contribution in [3.63, 3.8) is 0 Å². The van der Waals surface area contributed by atoms with Crippen LogP contribution in [0.5, 0.6) is 5.75 Å². The van der Waals surface area contributed by atoms with Crippen LogP contribution in [0, 0.1) is 5.41 Å². The van der Waals surface area contributed by atoms with E-state index in [2.05, 4.69) is 11.4 Å². The number of carbonyl (C=O) groups excluding carboxylic acids is 4. The number of carbonyl (C=O) groups is 4. The molecular weight excluding hydrogens is 496 g/mol. The molecule has 5 amide bonds. The van der Waals surface area contributed by atoms with Gasteiger partial charge in [-0.1, -0.05) is 43.9 Å². The highest BCUT2D eigenvalue weighted by Crippen LogP contribution is 2.40. The molecule has 212 valence electrons. The van der Waals surface area contributed by atoms with E-state index in [1.54, 1.807) is 16.8 Å². The maximum absolute atomic E-state index is 13.4. The molecule has 3 fully saturated rings. The molecule has 0 unspecified atom stereocenters. The van der Waals surface area contributed by atoms with E-state index < -0.39 is 11.0 Å². The summed E-state index contributed by atoms with van der Waals surface area (Å²) in [6.07, 6.45) is 9.71. The lowest BCUT2D eigenvalue weighted by Crippen LogP contribution is -2.53. The molecule has 1 saturated carbocycles. The van der Waals surface area contributed by atoms with Crippen molar-refractivity contribution in [2.45, 2.75) is 82.6 Å². The number of ether oxygens (including phenoxy) is 1. The third kappa shape index (κ3) is 5.37. The number of nitrogens with one attached hydrogen (secondary N) is 1. The number of imide groups is 1. The Bertz CT molecular complexity index is 1090. The second-order valence-corrected chi connectivity index (χ2v) is 11.8. The van der Waals surface area contributed by atoms with Crippen molar-refractivity contribution in [2.24, 2.45) is 5.41 Å². The van der Waals surface area contributed by atoms with E-state index in [1.165, 1.54) is 5.56 Å². The standard InChI is InChI=1S/C30H42N4O5/c1-32-28(38)34(27(37)30(32)14-6-2-7-15-30)22-25(35)33-19-16-29(17-20-33)13-8-5-11-23-10-3-4-12-24(23)39-21-9-18-31-26(29)36/h3-4,10,12H,2,5-9,11,13-22H2,1H3,(H,31,36). The van der Waals surface area contributed by atoms with Crippen molar-refractivity contribution in [3.05, 3.63) is 29.8 Å². The molecule has 2 saturated heterocycles. The Hall–Kier alpha value is -3.10. The van der Waals surface area contributed by atoms with Crippen LogP contribution in [0.4, 0.5) is 4.79 Å². The monoisotopic (exact) mass is 538 g/mol. The van der Waals surface area contributed by atoms with Gasteiger partial charge >= 0.3 is 6.03 Å². The third-order valence-corrected chi connectivity index (χ3v) is 9.52. The van der Waals surface area contributed by atoms with Crippen molar-refractivity contribution in [1.29, 1.82) is 0 Å². The molecule has 0 atom stereocenters. The van der Waals surface area contributed by atoms with E-state index in [1.807, 2.05) is 18.2 Å². The molecular formula is C30H42N4O5. The fourth-order valence-corrected chi connectivity index (χ4v) is 6.95. The second-order valence-electron chi connectivity index (χ2n) is 11.8. The van der Waals surface area contributed by atoms with Crippen LogP contribution >= 0.6 is 0 Å². The number of para-hydroxylation sites is 1. The third-order valence-electron chi connectivity index (χ3n) is 9.52. The summed E-state index contributed by atoms with van der Waals surface area (Å²) in [6.45, 7) is 1.80. The number of fused-ring (bicyclic) bond motifs is 1. The van der Waals surface area contributed by atoms with Crippen LogP contribution in [-0.2, 0) is 20.8 Å². The lowest BCUT2D eigenvalue weighted by Gasteiger charge is -2.41. The topological polar surface area (TPSA) is 99.3 Å². The molecule has 9 nitrogen and oxygen atoms in total. The fraction of sp³-hybridized carbons (Fsp3) is 0.667. The lowest BCUT2D eigenvalue weighted by molar-refractivity contribution is -0.144. The summed E-state index contributed by atoms with van der Waals surface area (Å²) in [7, 11) is 1.69. The van der Waals surface area contributed by atoms with Crippen LogP contribution in [0.25, 0.3) is 0 Å². The van der Waals surface area contributed by atoms with Gasteiger partial charge < -0.3 is 19.9 Å². The molecule has 3 aliphatic heterocycles. The minimum Gasteiger partial charge on any atom is -0.493 e. The molecule has 9 heteroatoms. The smallest absolute Gasteiger partial charge is 0.327 e. The Morgan fingerprint density at radius 1 is 0.923 bits per heavy atom. The van der Waals surface area contributed by atoms with Crippen molar-refractivity contribution in [3.8, 4) is 5.75 Å². The molecule has 0 aromatic heterocycles. The summed E-state index contributed by atoms with van der Waals surface area (Å²) in [6, 6.07) is 7.78. The molecule has 1 N–H and O–H groups in total. The van der Waals surface area contributed by atoms with Crippen molar-refractivity contribution in [2.75, 3.05) is 39.8 Å². The van der Waals surface area contributed by atoms with Gasteiger partial charge in [-0.05, 0) is 63.0 Å². The number of piperidine rings is 1. The summed E-state index contributed by atoms with van der Waals surface area (Å²) in [4.78, 5) is 57.4. The Kier molecular flexibility index (Phi) is 8.14. The Balaban J connectivity index is 1.20. The molecule has 0 radical (unpaired) electrons. The van der Waals surface area contributed by atoms with E-state index in [0.717, 1.165) is 62.0 Å². The van der Waals surface area contributed by atoms with Crippen LogP contribution < -0.4 is 10.1 Å². The van der Waals surface area contributed by atoms with Crippen LogP contribution in [0.2, 0.25) is 0 Å². The summed E-state index contributed by atoms with van der Waals surface area (Å²) >= 11 is 0. The molecule has 2 spiro atoms. The maximum Gasteiger partial charge on any atom is 0.327 e. The van der Waals surface area contributed by atoms with Crippen LogP contribution in [0.3, 0.4) is 0 Å². The number of amides is 5. The van der Waals surface area contributed by atoms with Crippen LogP contribution in [0.15, 0.2) is 24.3 Å². The first-order valence-corrected chi connectivity index (χ1v) is 14.7. The number of likely N-dealkylation sites (N-methyl/N-ethyl adjacent to an activating group) is 1. The number of benzene rings is 1. The number of rotatable bonds is 2. The highest BCUT2D eigenvalue weighted by Gasteiger charge is 2.56. The highest BCUT2D eigenvalue weighted by atomic mass is 16.5. The number of aryl methyl sites for hydroxylation is 1. The van der Waals surface area contributed by atoms with E-state index in [-0.39, 0.29) is 30.3 Å². The number of likely N-dealkylation sites (tertiary alicyclic amines) is 1. The van der Waals surface area contributed by atoms with Crippen molar-refractivity contribution >= 4 is 23.8 Å². The van der Waals surface area contributed by atoms with Crippen molar-refractivity contribution < 1.29 is 23.9 Å². The molecule has 0 bridgehead atoms. The van der Waals surface area contributed by atoms with E-state index in [4.69, 9.17) is 4.74 Å². The largest absolute Gasteiger partial charge is 0.493 e. The van der Waals surface area contributed by atoms with Gasteiger partial charge in [-0.25, -0.2) is 4.79 Å². The maximum atomic E-state index is 13.4. The molecule has 1 aliphatic carbocycles. The quantitative estimate of drug-likeness (QED) is 0.581. The lowest BCUT2D eigenvalue weighted by atomic mass is 9.73. The molecule has 4 aliphatic rings. The summed E-state index contributed by atoms with van der Waals surface area (Å²) in [5.74, 6) is 0.556. The number of hydrogen-bond donors (Lipinski definition) is 1. The van der Waals surface area contributed by atoms with Gasteiger partial charge in [0.25, 0.3) is 5.91 Å². The Morgan fingerprint density at radius 2 is 1.64 bits per heavy atom. The molecule has 1 aromatic carbocycles. The van der Waals surface area contributed by atoms with E-state index in [9.17, 15) is 19.2 Å². The first-order chi connectivity index (χ1) is 18.9. The Labute approximate surface area is 231 Å². The van der Waals surface area contributed by atoms with Gasteiger partial charge in [-0.3, -0.25) is 19.3 Å². The van der Waals surface area contributed by atoms with Crippen LogP contribution in [0.1, 0.15) is 76.2 Å². The normalized spacial score (nSPS) is 23.9.